The molecule has 0 radical (unpaired) electrons. The molecule has 1 heterocycles. The topological polar surface area (TPSA) is 82.6 Å². The van der Waals surface area contributed by atoms with E-state index in [1.165, 1.54) is 0 Å². The van der Waals surface area contributed by atoms with Crippen LogP contribution in [-0.2, 0) is 4.79 Å². The molecule has 0 aliphatic rings. The van der Waals surface area contributed by atoms with Gasteiger partial charge in [-0.25, -0.2) is 4.98 Å². The number of amides is 1. The highest BCUT2D eigenvalue weighted by Gasteiger charge is 2.10. The molecule has 26 heavy (non-hydrogen) atoms. The normalized spacial score (nSPS) is 10.4. The van der Waals surface area contributed by atoms with Crippen LogP contribution in [0.25, 0.3) is 10.9 Å². The van der Waals surface area contributed by atoms with E-state index in [1.54, 1.807) is 39.3 Å². The zero-order valence-corrected chi connectivity index (χ0v) is 14.8. The number of rotatable bonds is 6. The van der Waals surface area contributed by atoms with Crippen molar-refractivity contribution in [2.45, 2.75) is 6.92 Å². The van der Waals surface area contributed by atoms with E-state index in [9.17, 15) is 4.79 Å². The number of nitrogens with zero attached hydrogens (tertiary/aromatic N) is 2. The largest absolute Gasteiger partial charge is 0.497 e. The lowest BCUT2D eigenvalue weighted by Crippen LogP contribution is -2.20. The number of benzene rings is 2. The molecule has 0 aliphatic heterocycles. The van der Waals surface area contributed by atoms with Crippen molar-refractivity contribution in [2.75, 3.05) is 26.1 Å². The van der Waals surface area contributed by atoms with Gasteiger partial charge in [0.25, 0.3) is 5.91 Å². The molecule has 3 rings (SSSR count). The number of aryl methyl sites for hydroxylation is 1. The fourth-order valence-electron chi connectivity index (χ4n) is 2.48. The van der Waals surface area contributed by atoms with Crippen molar-refractivity contribution in [1.29, 1.82) is 0 Å². The molecular formula is C19H19N3O4. The zero-order valence-electron chi connectivity index (χ0n) is 14.8. The summed E-state index contributed by atoms with van der Waals surface area (Å²) in [6, 6.07) is 12.6. The van der Waals surface area contributed by atoms with Crippen molar-refractivity contribution in [1.82, 2.24) is 9.97 Å². The van der Waals surface area contributed by atoms with E-state index in [1.807, 2.05) is 24.3 Å². The number of para-hydroxylation sites is 1. The highest BCUT2D eigenvalue weighted by Crippen LogP contribution is 2.26. The second kappa shape index (κ2) is 7.69. The number of methoxy groups -OCH3 is 2. The van der Waals surface area contributed by atoms with Crippen LogP contribution >= 0.6 is 0 Å². The van der Waals surface area contributed by atoms with Crippen LogP contribution in [0.2, 0.25) is 0 Å². The number of carbonyl (C=O) groups is 1. The highest BCUT2D eigenvalue weighted by molar-refractivity contribution is 5.92. The lowest BCUT2D eigenvalue weighted by molar-refractivity contribution is -0.118. The van der Waals surface area contributed by atoms with Gasteiger partial charge in [0.05, 0.1) is 25.1 Å². The van der Waals surface area contributed by atoms with Crippen LogP contribution in [0.1, 0.15) is 5.82 Å². The Kier molecular flexibility index (Phi) is 5.17. The van der Waals surface area contributed by atoms with Crippen molar-refractivity contribution in [3.63, 3.8) is 0 Å². The zero-order chi connectivity index (χ0) is 18.5. The molecule has 1 aromatic heterocycles. The lowest BCUT2D eigenvalue weighted by Gasteiger charge is -2.11. The number of aromatic nitrogens is 2. The van der Waals surface area contributed by atoms with Crippen molar-refractivity contribution in [2.24, 2.45) is 0 Å². The van der Waals surface area contributed by atoms with Crippen molar-refractivity contribution in [3.8, 4) is 17.4 Å². The number of anilines is 1. The van der Waals surface area contributed by atoms with Gasteiger partial charge in [0, 0.05) is 23.9 Å². The van der Waals surface area contributed by atoms with Crippen LogP contribution in [-0.4, -0.2) is 36.7 Å². The van der Waals surface area contributed by atoms with Crippen molar-refractivity contribution in [3.05, 3.63) is 48.3 Å². The van der Waals surface area contributed by atoms with E-state index in [0.29, 0.717) is 28.9 Å². The molecule has 0 spiro atoms. The van der Waals surface area contributed by atoms with Crippen LogP contribution in [0.4, 0.5) is 5.69 Å². The summed E-state index contributed by atoms with van der Waals surface area (Å²) in [5.41, 5.74) is 1.33. The Morgan fingerprint density at radius 1 is 1.04 bits per heavy atom. The smallest absolute Gasteiger partial charge is 0.262 e. The molecule has 134 valence electrons. The van der Waals surface area contributed by atoms with Gasteiger partial charge in [-0.1, -0.05) is 12.1 Å². The van der Waals surface area contributed by atoms with Gasteiger partial charge in [0.15, 0.2) is 6.61 Å². The van der Waals surface area contributed by atoms with E-state index in [4.69, 9.17) is 14.2 Å². The molecule has 0 fully saturated rings. The predicted molar refractivity (Wildman–Crippen MR) is 97.9 cm³/mol. The third-order valence-corrected chi connectivity index (χ3v) is 3.66. The highest BCUT2D eigenvalue weighted by atomic mass is 16.5. The van der Waals surface area contributed by atoms with Gasteiger partial charge in [-0.2, -0.15) is 4.98 Å². The van der Waals surface area contributed by atoms with Crippen LogP contribution < -0.4 is 19.5 Å². The summed E-state index contributed by atoms with van der Waals surface area (Å²) >= 11 is 0. The second-order valence-corrected chi connectivity index (χ2v) is 5.53. The van der Waals surface area contributed by atoms with Gasteiger partial charge in [0.2, 0.25) is 5.88 Å². The maximum atomic E-state index is 12.2. The van der Waals surface area contributed by atoms with Gasteiger partial charge in [-0.3, -0.25) is 4.79 Å². The first-order valence-electron chi connectivity index (χ1n) is 7.98. The first-order chi connectivity index (χ1) is 12.6. The van der Waals surface area contributed by atoms with E-state index in [2.05, 4.69) is 15.3 Å². The number of nitrogens with one attached hydrogen (secondary N) is 1. The number of carbonyl (C=O) groups excluding carboxylic acids is 1. The minimum Gasteiger partial charge on any atom is -0.497 e. The molecule has 0 atom stereocenters. The molecule has 7 nitrogen and oxygen atoms in total. The summed E-state index contributed by atoms with van der Waals surface area (Å²) in [5, 5.41) is 3.52. The Hall–Kier alpha value is -3.35. The van der Waals surface area contributed by atoms with E-state index < -0.39 is 0 Å². The molecule has 1 N–H and O–H groups in total. The summed E-state index contributed by atoms with van der Waals surface area (Å²) in [6.45, 7) is 1.60. The molecule has 7 heteroatoms. The average Bonchev–Trinajstić information content (AvgIpc) is 2.65. The van der Waals surface area contributed by atoms with Crippen molar-refractivity contribution >= 4 is 22.5 Å². The molecule has 0 aliphatic carbocycles. The standard InChI is InChI=1S/C19H19N3O4/c1-12-20-17-7-5-4-6-16(17)19(21-12)26-11-18(23)22-13-8-14(24-2)10-15(9-13)25-3/h4-10H,11H2,1-3H3,(H,22,23). The summed E-state index contributed by atoms with van der Waals surface area (Å²) in [4.78, 5) is 20.9. The Labute approximate surface area is 150 Å². The van der Waals surface area contributed by atoms with Crippen molar-refractivity contribution < 1.29 is 19.0 Å². The molecule has 1 amide bonds. The third kappa shape index (κ3) is 4.00. The SMILES string of the molecule is COc1cc(NC(=O)COc2nc(C)nc3ccccc23)cc(OC)c1. The lowest BCUT2D eigenvalue weighted by atomic mass is 10.2. The fourth-order valence-corrected chi connectivity index (χ4v) is 2.48. The summed E-state index contributed by atoms with van der Waals surface area (Å²) in [5.74, 6) is 1.81. The van der Waals surface area contributed by atoms with Crippen LogP contribution in [0.15, 0.2) is 42.5 Å². The summed E-state index contributed by atoms with van der Waals surface area (Å²) in [6.07, 6.45) is 0. The first-order valence-corrected chi connectivity index (χ1v) is 7.98. The molecule has 2 aromatic carbocycles. The van der Waals surface area contributed by atoms with Crippen LogP contribution in [0.5, 0.6) is 17.4 Å². The van der Waals surface area contributed by atoms with Gasteiger partial charge < -0.3 is 19.5 Å². The Bertz CT molecular complexity index is 921. The maximum Gasteiger partial charge on any atom is 0.262 e. The first kappa shape index (κ1) is 17.5. The molecule has 0 saturated carbocycles. The number of hydrogen-bond acceptors (Lipinski definition) is 6. The average molecular weight is 353 g/mol. The maximum absolute atomic E-state index is 12.2. The van der Waals surface area contributed by atoms with E-state index >= 15 is 0 Å². The quantitative estimate of drug-likeness (QED) is 0.734. The summed E-state index contributed by atoms with van der Waals surface area (Å²) < 4.78 is 16.0. The Morgan fingerprint density at radius 2 is 1.73 bits per heavy atom. The fraction of sp³-hybridized carbons (Fsp3) is 0.211. The van der Waals surface area contributed by atoms with E-state index in [-0.39, 0.29) is 12.5 Å². The monoisotopic (exact) mass is 353 g/mol. The Morgan fingerprint density at radius 3 is 2.42 bits per heavy atom. The molecule has 0 saturated heterocycles. The van der Waals surface area contributed by atoms with E-state index in [0.717, 1.165) is 10.9 Å². The molecular weight excluding hydrogens is 334 g/mol. The molecule has 0 unspecified atom stereocenters. The van der Waals surface area contributed by atoms with Crippen LogP contribution in [0.3, 0.4) is 0 Å². The number of hydrogen-bond donors (Lipinski definition) is 1. The van der Waals surface area contributed by atoms with Gasteiger partial charge in [-0.15, -0.1) is 0 Å². The van der Waals surface area contributed by atoms with Crippen LogP contribution in [0, 0.1) is 6.92 Å². The predicted octanol–water partition coefficient (Wildman–Crippen LogP) is 2.97. The minimum absolute atomic E-state index is 0.181. The third-order valence-electron chi connectivity index (χ3n) is 3.66. The Balaban J connectivity index is 1.72. The molecule has 0 bridgehead atoms. The minimum atomic E-state index is -0.319. The van der Waals surface area contributed by atoms with Gasteiger partial charge in [-0.05, 0) is 19.1 Å². The second-order valence-electron chi connectivity index (χ2n) is 5.53. The number of ether oxygens (including phenoxy) is 3. The van der Waals surface area contributed by atoms with Gasteiger partial charge >= 0.3 is 0 Å². The molecule has 3 aromatic rings. The van der Waals surface area contributed by atoms with Gasteiger partial charge in [0.1, 0.15) is 17.3 Å². The number of fused-ring (bicyclic) bond motifs is 1. The summed E-state index contributed by atoms with van der Waals surface area (Å²) in [7, 11) is 3.10.